The van der Waals surface area contributed by atoms with Gasteiger partial charge in [-0.1, -0.05) is 34.1 Å². The number of benzene rings is 2. The molecular weight excluding hydrogens is 558 g/mol. The van der Waals surface area contributed by atoms with Crippen LogP contribution >= 0.6 is 31.9 Å². The molecule has 1 unspecified atom stereocenters. The molecule has 0 spiro atoms. The third kappa shape index (κ3) is 6.49. The van der Waals surface area contributed by atoms with Gasteiger partial charge >= 0.3 is 11.9 Å². The zero-order chi connectivity index (χ0) is 24.1. The quantitative estimate of drug-likeness (QED) is 0.338. The Balaban J connectivity index is 0.000000454. The zero-order valence-electron chi connectivity index (χ0n) is 17.8. The maximum atomic E-state index is 12.4. The average Bonchev–Trinajstić information content (AvgIpc) is 2.78. The highest BCUT2D eigenvalue weighted by Gasteiger charge is 2.13. The minimum Gasteiger partial charge on any atom is -0.473 e. The van der Waals surface area contributed by atoms with Crippen molar-refractivity contribution in [3.8, 4) is 0 Å². The van der Waals surface area contributed by atoms with Gasteiger partial charge in [-0.3, -0.25) is 4.79 Å². The third-order valence-electron chi connectivity index (χ3n) is 5.41. The molecule has 174 valence electrons. The fraction of sp³-hybridized carbons (Fsp3) is 0.304. The smallest absolute Gasteiger partial charge is 0.414 e. The number of aromatic nitrogens is 2. The lowest BCUT2D eigenvalue weighted by Crippen LogP contribution is -2.22. The highest BCUT2D eigenvalue weighted by atomic mass is 79.9. The summed E-state index contributed by atoms with van der Waals surface area (Å²) in [6, 6.07) is 10.7. The molecule has 1 aliphatic carbocycles. The van der Waals surface area contributed by atoms with Crippen LogP contribution in [0.1, 0.15) is 48.3 Å². The molecule has 3 aromatic rings. The van der Waals surface area contributed by atoms with Gasteiger partial charge in [0.1, 0.15) is 5.82 Å². The lowest BCUT2D eigenvalue weighted by molar-refractivity contribution is -0.159. The molecule has 0 amide bonds. The van der Waals surface area contributed by atoms with Crippen LogP contribution in [0.15, 0.2) is 44.1 Å². The fourth-order valence-electron chi connectivity index (χ4n) is 3.69. The molecule has 4 N–H and O–H groups in total. The van der Waals surface area contributed by atoms with E-state index in [0.717, 1.165) is 8.95 Å². The summed E-state index contributed by atoms with van der Waals surface area (Å²) in [5.74, 6) is -3.01. The zero-order valence-corrected chi connectivity index (χ0v) is 21.0. The van der Waals surface area contributed by atoms with Gasteiger partial charge in [0.05, 0.1) is 17.4 Å². The van der Waals surface area contributed by atoms with Gasteiger partial charge < -0.3 is 20.5 Å². The Kier molecular flexibility index (Phi) is 8.39. The van der Waals surface area contributed by atoms with Gasteiger partial charge in [0.2, 0.25) is 0 Å². The number of aryl methyl sites for hydroxylation is 2. The lowest BCUT2D eigenvalue weighted by atomic mass is 9.89. The number of aliphatic carboxylic acids is 2. The Bertz CT molecular complexity index is 1250. The standard InChI is InChI=1S/C21H21Br2N3O.C2H2O4/c1-12(14-7-6-13-4-2-3-5-15(13)8-14)24-11-19-25-20-17(21(27)26-19)9-16(22)10-18(20)23;3-1(4)2(5)6/h6-10,12,24H,2-5,11H2,1H3,(H,25,26,27);(H,3,4)(H,5,6). The maximum Gasteiger partial charge on any atom is 0.414 e. The minimum atomic E-state index is -1.82. The molecule has 0 radical (unpaired) electrons. The van der Waals surface area contributed by atoms with Crippen molar-refractivity contribution in [1.82, 2.24) is 15.3 Å². The minimum absolute atomic E-state index is 0.125. The van der Waals surface area contributed by atoms with E-state index in [4.69, 9.17) is 19.8 Å². The molecule has 0 aliphatic heterocycles. The lowest BCUT2D eigenvalue weighted by Gasteiger charge is -2.20. The molecule has 0 saturated carbocycles. The van der Waals surface area contributed by atoms with Crippen LogP contribution in [-0.4, -0.2) is 32.1 Å². The van der Waals surface area contributed by atoms with Crippen molar-refractivity contribution in [3.63, 3.8) is 0 Å². The monoisotopic (exact) mass is 579 g/mol. The van der Waals surface area contributed by atoms with E-state index in [2.05, 4.69) is 72.3 Å². The van der Waals surface area contributed by atoms with Crippen molar-refractivity contribution in [1.29, 1.82) is 0 Å². The third-order valence-corrected chi connectivity index (χ3v) is 6.47. The Morgan fingerprint density at radius 3 is 2.42 bits per heavy atom. The van der Waals surface area contributed by atoms with E-state index in [-0.39, 0.29) is 11.6 Å². The number of nitrogens with one attached hydrogen (secondary N) is 2. The number of H-pyrrole nitrogens is 1. The van der Waals surface area contributed by atoms with Gasteiger partial charge in [0.25, 0.3) is 5.56 Å². The molecule has 10 heteroatoms. The van der Waals surface area contributed by atoms with E-state index in [1.807, 2.05) is 6.07 Å². The van der Waals surface area contributed by atoms with E-state index in [1.165, 1.54) is 42.4 Å². The van der Waals surface area contributed by atoms with Gasteiger partial charge in [0.15, 0.2) is 0 Å². The summed E-state index contributed by atoms with van der Waals surface area (Å²) in [6.45, 7) is 2.66. The van der Waals surface area contributed by atoms with Crippen LogP contribution in [0.4, 0.5) is 0 Å². The van der Waals surface area contributed by atoms with E-state index in [9.17, 15) is 4.79 Å². The Morgan fingerprint density at radius 1 is 1.09 bits per heavy atom. The number of halogens is 2. The van der Waals surface area contributed by atoms with Gasteiger partial charge in [0, 0.05) is 15.0 Å². The summed E-state index contributed by atoms with van der Waals surface area (Å²) in [5.41, 5.74) is 4.82. The SMILES string of the molecule is CC(NCc1nc2c(Br)cc(Br)cc2c(=O)[nH]1)c1ccc2c(c1)CCCC2.O=C(O)C(=O)O. The average molecular weight is 581 g/mol. The highest BCUT2D eigenvalue weighted by molar-refractivity contribution is 9.11. The molecule has 0 saturated heterocycles. The predicted octanol–water partition coefficient (Wildman–Crippen LogP) is 4.33. The van der Waals surface area contributed by atoms with E-state index >= 15 is 0 Å². The summed E-state index contributed by atoms with van der Waals surface area (Å²) in [4.78, 5) is 38.1. The number of nitrogens with zero attached hydrogens (tertiary/aromatic N) is 1. The Morgan fingerprint density at radius 2 is 1.76 bits per heavy atom. The predicted molar refractivity (Wildman–Crippen MR) is 131 cm³/mol. The number of hydrogen-bond donors (Lipinski definition) is 4. The summed E-state index contributed by atoms with van der Waals surface area (Å²) < 4.78 is 1.66. The van der Waals surface area contributed by atoms with Crippen molar-refractivity contribution in [2.45, 2.75) is 45.2 Å². The van der Waals surface area contributed by atoms with Crippen LogP contribution in [0.5, 0.6) is 0 Å². The molecule has 1 aromatic heterocycles. The van der Waals surface area contributed by atoms with Crippen LogP contribution in [-0.2, 0) is 29.0 Å². The first-order valence-corrected chi connectivity index (χ1v) is 11.9. The van der Waals surface area contributed by atoms with Gasteiger partial charge in [-0.05, 0) is 77.4 Å². The first kappa shape index (κ1) is 25.1. The summed E-state index contributed by atoms with van der Waals surface area (Å²) in [7, 11) is 0. The fourth-order valence-corrected chi connectivity index (χ4v) is 5.00. The second-order valence-electron chi connectivity index (χ2n) is 7.74. The van der Waals surface area contributed by atoms with Crippen molar-refractivity contribution < 1.29 is 19.8 Å². The largest absolute Gasteiger partial charge is 0.473 e. The van der Waals surface area contributed by atoms with Gasteiger partial charge in [-0.25, -0.2) is 14.6 Å². The normalized spacial score (nSPS) is 13.5. The Hall–Kier alpha value is -2.56. The van der Waals surface area contributed by atoms with Gasteiger partial charge in [-0.15, -0.1) is 0 Å². The van der Waals surface area contributed by atoms with E-state index in [0.29, 0.717) is 23.3 Å². The molecule has 0 fully saturated rings. The van der Waals surface area contributed by atoms with Crippen LogP contribution < -0.4 is 10.9 Å². The number of rotatable bonds is 4. The van der Waals surface area contributed by atoms with Crippen molar-refractivity contribution in [2.24, 2.45) is 0 Å². The molecule has 1 aliphatic rings. The first-order valence-electron chi connectivity index (χ1n) is 10.3. The highest BCUT2D eigenvalue weighted by Crippen LogP contribution is 2.26. The number of fused-ring (bicyclic) bond motifs is 2. The number of carbonyl (C=O) groups is 2. The summed E-state index contributed by atoms with van der Waals surface area (Å²) >= 11 is 6.92. The molecule has 0 bridgehead atoms. The van der Waals surface area contributed by atoms with Gasteiger partial charge in [-0.2, -0.15) is 0 Å². The molecule has 1 heterocycles. The molecule has 4 rings (SSSR count). The van der Waals surface area contributed by atoms with E-state index in [1.54, 1.807) is 6.07 Å². The topological polar surface area (TPSA) is 132 Å². The second-order valence-corrected chi connectivity index (χ2v) is 9.51. The van der Waals surface area contributed by atoms with Crippen LogP contribution in [0.25, 0.3) is 10.9 Å². The number of carboxylic acids is 2. The molecule has 2 aromatic carbocycles. The number of carboxylic acid groups (broad SMARTS) is 2. The Labute approximate surface area is 206 Å². The van der Waals surface area contributed by atoms with Crippen LogP contribution in [0.3, 0.4) is 0 Å². The maximum absolute atomic E-state index is 12.4. The van der Waals surface area contributed by atoms with E-state index < -0.39 is 11.9 Å². The number of aromatic amines is 1. The van der Waals surface area contributed by atoms with Crippen molar-refractivity contribution in [2.75, 3.05) is 0 Å². The second kappa shape index (κ2) is 11.0. The van der Waals surface area contributed by atoms with Crippen molar-refractivity contribution in [3.05, 3.63) is 72.1 Å². The molecule has 8 nitrogen and oxygen atoms in total. The van der Waals surface area contributed by atoms with Crippen molar-refractivity contribution >= 4 is 54.7 Å². The summed E-state index contributed by atoms with van der Waals surface area (Å²) in [6.07, 6.45) is 4.96. The first-order chi connectivity index (χ1) is 15.7. The van der Waals surface area contributed by atoms with Crippen LogP contribution in [0, 0.1) is 0 Å². The molecular formula is C23H23Br2N3O5. The number of hydrogen-bond acceptors (Lipinski definition) is 5. The molecule has 33 heavy (non-hydrogen) atoms. The summed E-state index contributed by atoms with van der Waals surface area (Å²) in [5, 5.41) is 18.8. The van der Waals surface area contributed by atoms with Crippen LogP contribution in [0.2, 0.25) is 0 Å². The molecule has 1 atom stereocenters.